The van der Waals surface area contributed by atoms with Gasteiger partial charge in [0.2, 0.25) is 0 Å². The first kappa shape index (κ1) is 37.9. The molecule has 12 heteroatoms. The van der Waals surface area contributed by atoms with Crippen molar-refractivity contribution in [2.45, 2.75) is 25.2 Å². The fourth-order valence-electron chi connectivity index (χ4n) is 2.59. The summed E-state index contributed by atoms with van der Waals surface area (Å²) in [5.41, 5.74) is 0.749. The number of halogens is 1. The summed E-state index contributed by atoms with van der Waals surface area (Å²) in [4.78, 5) is 23.5. The van der Waals surface area contributed by atoms with Crippen LogP contribution < -0.4 is 0 Å². The Morgan fingerprint density at radius 1 is 0.759 bits per heavy atom. The molecule has 0 spiro atoms. The van der Waals surface area contributed by atoms with Crippen molar-refractivity contribution in [3.63, 3.8) is 0 Å². The maximum Gasteiger partial charge on any atom is 0 e. The van der Waals surface area contributed by atoms with Gasteiger partial charge in [-0.1, -0.05) is 11.1 Å². The quantitative estimate of drug-likeness (QED) is 0.157. The van der Waals surface area contributed by atoms with Crippen molar-refractivity contribution in [3.05, 3.63) is 55.5 Å². The van der Waals surface area contributed by atoms with Crippen molar-refractivity contribution in [2.24, 2.45) is 0 Å². The van der Waals surface area contributed by atoms with Gasteiger partial charge in [-0.15, -0.1) is 0 Å². The van der Waals surface area contributed by atoms with Crippen LogP contribution in [-0.2, 0) is 63.4 Å². The molecule has 2 aliphatic rings. The molecule has 9 nitrogen and oxygen atoms in total. The average molecular weight is 596 g/mol. The second kappa shape index (κ2) is 22.5. The third-order valence-electron chi connectivity index (χ3n) is 3.58. The van der Waals surface area contributed by atoms with Gasteiger partial charge in [0.15, 0.2) is 0 Å². The zero-order chi connectivity index (χ0) is 23.6. The van der Waals surface area contributed by atoms with Crippen LogP contribution in [0.4, 0.5) is 4.20 Å². The Kier molecular flexibility index (Phi) is 29.3. The predicted molar refractivity (Wildman–Crippen MR) is 84.7 cm³/mol. The molecule has 2 aliphatic heterocycles. The topological polar surface area (TPSA) is 152 Å². The van der Waals surface area contributed by atoms with Crippen LogP contribution in [0.1, 0.15) is 13.8 Å². The van der Waals surface area contributed by atoms with Crippen molar-refractivity contribution >= 4 is 20.2 Å². The van der Waals surface area contributed by atoms with E-state index in [0.717, 1.165) is 11.1 Å². The third kappa shape index (κ3) is 8.60. The Labute approximate surface area is 182 Å². The molecule has 2 heterocycles. The zero-order valence-electron chi connectivity index (χ0n) is 15.6. The molecule has 0 saturated carbocycles. The molecule has 0 radical (unpaired) electrons. The standard InChI is InChI=1S/C12H14FO4P.5CO.W/c1-5-6(2)10-8(12(15)17-4)7(11(14)16-3)9(5)18(10)13;5*1-2;/h9-10H,1-4H3;;;;;;. The molecule has 29 heavy (non-hydrogen) atoms. The SMILES string of the molecule is COC(=O)C1=C(C(=O)OC)C2C(C)=C(C)C1P2F.[C-]#[O+].[C-]#[O+].[C-]#[O+].[C-]#[O+].[C-]#[O+].[W]. The molecule has 0 amide bonds. The van der Waals surface area contributed by atoms with Crippen LogP contribution in [0.3, 0.4) is 0 Å². The first-order valence-corrected chi connectivity index (χ1v) is 7.86. The van der Waals surface area contributed by atoms with Gasteiger partial charge in [-0.25, -0.2) is 13.8 Å². The maximum absolute atomic E-state index is 14.3. The van der Waals surface area contributed by atoms with Gasteiger partial charge in [0.05, 0.1) is 36.7 Å². The number of rotatable bonds is 2. The summed E-state index contributed by atoms with van der Waals surface area (Å²) in [5.74, 6) is -1.28. The molecule has 2 bridgehead atoms. The van der Waals surface area contributed by atoms with Crippen molar-refractivity contribution in [2.75, 3.05) is 14.2 Å². The van der Waals surface area contributed by atoms with Crippen molar-refractivity contribution in [1.82, 2.24) is 0 Å². The molecule has 0 aromatic heterocycles. The minimum absolute atomic E-state index is 0. The van der Waals surface area contributed by atoms with Crippen molar-refractivity contribution in [3.8, 4) is 0 Å². The molecule has 0 aliphatic carbocycles. The minimum Gasteiger partial charge on any atom is 0 e. The maximum atomic E-state index is 14.3. The van der Waals surface area contributed by atoms with Gasteiger partial charge in [-0.2, -0.15) is 0 Å². The predicted octanol–water partition coefficient (Wildman–Crippen LogP) is 1.91. The van der Waals surface area contributed by atoms with E-state index < -0.39 is 31.5 Å². The van der Waals surface area contributed by atoms with Gasteiger partial charge in [-0.05, 0) is 13.8 Å². The number of carbonyl (C=O) groups is 2. The molecule has 0 N–H and O–H groups in total. The van der Waals surface area contributed by atoms with Crippen LogP contribution in [0.15, 0.2) is 22.3 Å². The summed E-state index contributed by atoms with van der Waals surface area (Å²) in [7, 11) is 0.490. The van der Waals surface area contributed by atoms with E-state index in [2.05, 4.69) is 42.7 Å². The van der Waals surface area contributed by atoms with Gasteiger partial charge >= 0.3 is 68.5 Å². The number of methoxy groups -OCH3 is 2. The van der Waals surface area contributed by atoms with Crippen LogP contribution in [0.2, 0.25) is 0 Å². The average Bonchev–Trinajstić information content (AvgIpc) is 3.21. The van der Waals surface area contributed by atoms with Crippen LogP contribution in [-0.4, -0.2) is 37.5 Å². The normalized spacial score (nSPS) is 18.9. The number of esters is 2. The number of ether oxygens (including phenoxy) is 2. The van der Waals surface area contributed by atoms with Gasteiger partial charge < -0.3 is 9.47 Å². The minimum atomic E-state index is -1.96. The first-order valence-electron chi connectivity index (χ1n) is 6.49. The fraction of sp³-hybridized carbons (Fsp3) is 0.353. The number of hydrogen-bond acceptors (Lipinski definition) is 4. The van der Waals surface area contributed by atoms with Crippen molar-refractivity contribution < 1.29 is 67.6 Å². The monoisotopic (exact) mass is 596 g/mol. The Morgan fingerprint density at radius 3 is 1.14 bits per heavy atom. The van der Waals surface area contributed by atoms with E-state index in [4.69, 9.17) is 23.3 Å². The molecule has 2 rings (SSSR count). The molecular formula is C17H14FO9PW. The number of allylic oxidation sites excluding steroid dienone is 2. The van der Waals surface area contributed by atoms with Crippen LogP contribution in [0.25, 0.3) is 0 Å². The molecule has 2 atom stereocenters. The Bertz CT molecular complexity index is 627. The Balaban J connectivity index is -0.000000153. The summed E-state index contributed by atoms with van der Waals surface area (Å²) in [6, 6.07) is 0. The van der Waals surface area contributed by atoms with E-state index in [-0.39, 0.29) is 32.2 Å². The zero-order valence-corrected chi connectivity index (χ0v) is 19.4. The number of hydrogen-bond donors (Lipinski definition) is 0. The van der Waals surface area contributed by atoms with Gasteiger partial charge in [0.25, 0.3) is 0 Å². The van der Waals surface area contributed by atoms with E-state index >= 15 is 0 Å². The smallest absolute Gasteiger partial charge is 0 e. The second-order valence-corrected chi connectivity index (χ2v) is 6.05. The van der Waals surface area contributed by atoms with Crippen LogP contribution in [0.5, 0.6) is 0 Å². The van der Waals surface area contributed by atoms with E-state index in [1.54, 1.807) is 13.8 Å². The summed E-state index contributed by atoms with van der Waals surface area (Å²) >= 11 is 0. The third-order valence-corrected chi connectivity index (χ3v) is 5.86. The summed E-state index contributed by atoms with van der Waals surface area (Å²) in [6.07, 6.45) is 0. The van der Waals surface area contributed by atoms with Gasteiger partial charge in [0.1, 0.15) is 8.23 Å². The van der Waals surface area contributed by atoms with E-state index in [0.29, 0.717) is 0 Å². The first-order chi connectivity index (χ1) is 13.5. The van der Waals surface area contributed by atoms with Crippen LogP contribution in [0, 0.1) is 33.3 Å². The molecule has 0 aromatic rings. The summed E-state index contributed by atoms with van der Waals surface area (Å²) in [5, 5.41) is 0. The van der Waals surface area contributed by atoms with Crippen LogP contribution >= 0.6 is 8.23 Å². The largest absolute Gasteiger partial charge is 0 e. The second-order valence-electron chi connectivity index (χ2n) is 4.33. The summed E-state index contributed by atoms with van der Waals surface area (Å²) in [6.45, 7) is 26.1. The van der Waals surface area contributed by atoms with E-state index in [9.17, 15) is 13.8 Å². The number of fused-ring (bicyclic) bond motifs is 2. The van der Waals surface area contributed by atoms with Crippen molar-refractivity contribution in [1.29, 1.82) is 0 Å². The number of carbonyl (C=O) groups excluding carboxylic acids is 2. The molecule has 154 valence electrons. The van der Waals surface area contributed by atoms with E-state index in [1.807, 2.05) is 0 Å². The molecule has 0 aromatic carbocycles. The Hall–Kier alpha value is -1.83. The molecule has 2 unspecified atom stereocenters. The van der Waals surface area contributed by atoms with E-state index in [1.165, 1.54) is 14.2 Å². The summed E-state index contributed by atoms with van der Waals surface area (Å²) < 4.78 is 61.2. The fourth-order valence-corrected chi connectivity index (χ4v) is 5.02. The Morgan fingerprint density at radius 2 is 0.966 bits per heavy atom. The molecule has 0 fully saturated rings. The molecule has 0 saturated heterocycles. The van der Waals surface area contributed by atoms with Gasteiger partial charge in [0, 0.05) is 21.1 Å². The van der Waals surface area contributed by atoms with Gasteiger partial charge in [-0.3, -0.25) is 0 Å². The molecular weight excluding hydrogens is 582 g/mol.